The molecule has 0 unspecified atom stereocenters. The van der Waals surface area contributed by atoms with Gasteiger partial charge in [-0.25, -0.2) is 0 Å². The summed E-state index contributed by atoms with van der Waals surface area (Å²) in [5, 5.41) is 1.95. The second-order valence-electron chi connectivity index (χ2n) is 12.7. The molecule has 1 fully saturated rings. The summed E-state index contributed by atoms with van der Waals surface area (Å²) in [6.45, 7) is 23.0. The maximum Gasteiger partial charge on any atom is 0.264 e. The molecule has 7 nitrogen and oxygen atoms in total. The summed E-state index contributed by atoms with van der Waals surface area (Å²) in [4.78, 5) is 6.37. The van der Waals surface area contributed by atoms with Gasteiger partial charge in [0.2, 0.25) is 0 Å². The Hall–Kier alpha value is -0.596. The van der Waals surface area contributed by atoms with Crippen molar-refractivity contribution in [2.45, 2.75) is 103 Å². The first-order valence-electron chi connectivity index (χ1n) is 12.4. The molecule has 1 aliphatic rings. The van der Waals surface area contributed by atoms with Gasteiger partial charge in [-0.1, -0.05) is 71.9 Å². The third-order valence-corrected chi connectivity index (χ3v) is 17.2. The number of benzene rings is 1. The number of hydroxylamine groups is 2. The zero-order valence-corrected chi connectivity index (χ0v) is 26.4. The minimum atomic E-state index is -3.62. The first-order valence-corrected chi connectivity index (χ1v) is 20.0. The summed E-state index contributed by atoms with van der Waals surface area (Å²) < 4.78 is 42.4. The molecule has 1 aromatic rings. The minimum absolute atomic E-state index is 0.0209. The van der Waals surface area contributed by atoms with Gasteiger partial charge in [0, 0.05) is 6.54 Å². The molecule has 0 spiro atoms. The van der Waals surface area contributed by atoms with Gasteiger partial charge >= 0.3 is 0 Å². The first-order chi connectivity index (χ1) is 15.7. The normalized spacial score (nSPS) is 23.1. The third-order valence-electron chi connectivity index (χ3n) is 7.67. The number of nitrogens with zero attached hydrogens (tertiary/aromatic N) is 1. The average molecular weight is 546 g/mol. The van der Waals surface area contributed by atoms with Crippen LogP contribution in [0.3, 0.4) is 0 Å². The molecule has 2 rings (SSSR count). The van der Waals surface area contributed by atoms with Crippen LogP contribution in [0.4, 0.5) is 0 Å². The Balaban J connectivity index is 2.43. The van der Waals surface area contributed by atoms with Gasteiger partial charge in [-0.05, 0) is 41.8 Å². The molecule has 1 aromatic carbocycles. The van der Waals surface area contributed by atoms with Gasteiger partial charge in [-0.2, -0.15) is 13.5 Å². The van der Waals surface area contributed by atoms with Crippen LogP contribution in [0.15, 0.2) is 30.3 Å². The summed E-state index contributed by atoms with van der Waals surface area (Å²) >= 11 is 0. The molecular formula is C25H47NO6SSi2. The molecule has 1 aliphatic heterocycles. The summed E-state index contributed by atoms with van der Waals surface area (Å²) in [6, 6.07) is 9.89. The Kier molecular flexibility index (Phi) is 9.65. The van der Waals surface area contributed by atoms with Gasteiger partial charge in [0.25, 0.3) is 10.1 Å². The van der Waals surface area contributed by atoms with Gasteiger partial charge < -0.3 is 8.85 Å². The first kappa shape index (κ1) is 30.6. The van der Waals surface area contributed by atoms with E-state index in [2.05, 4.69) is 79.9 Å². The van der Waals surface area contributed by atoms with E-state index in [0.717, 1.165) is 11.8 Å². The molecule has 0 radical (unpaired) electrons. The Morgan fingerprint density at radius 1 is 0.914 bits per heavy atom. The van der Waals surface area contributed by atoms with Gasteiger partial charge in [0.1, 0.15) is 6.10 Å². The standard InChI is InChI=1S/C25H47NO6SSi2/c1-24(2,3)34(8,9)30-18-21-23(32-35(10,11)25(4,5)6)22(19-29-33(7,27)28)31-26(21)17-20-15-13-12-14-16-20/h12-16,21-23H,17-19H2,1-11H3/t21-,22-,23-/m1/s1. The van der Waals surface area contributed by atoms with Crippen LogP contribution in [0, 0.1) is 0 Å². The molecule has 0 amide bonds. The van der Waals surface area contributed by atoms with E-state index >= 15 is 0 Å². The average Bonchev–Trinajstić information content (AvgIpc) is 2.99. The van der Waals surface area contributed by atoms with Crippen LogP contribution in [0.25, 0.3) is 0 Å². The molecule has 0 aliphatic carbocycles. The molecule has 3 atom stereocenters. The summed E-state index contributed by atoms with van der Waals surface area (Å²) in [6.07, 6.45) is 0.118. The predicted octanol–water partition coefficient (Wildman–Crippen LogP) is 5.56. The Morgan fingerprint density at radius 3 is 1.94 bits per heavy atom. The zero-order chi connectivity index (χ0) is 26.9. The second-order valence-corrected chi connectivity index (χ2v) is 23.9. The number of hydrogen-bond acceptors (Lipinski definition) is 7. The van der Waals surface area contributed by atoms with Crippen LogP contribution in [0.2, 0.25) is 36.3 Å². The molecule has 0 saturated carbocycles. The number of hydrogen-bond donors (Lipinski definition) is 0. The van der Waals surface area contributed by atoms with Crippen molar-refractivity contribution in [1.82, 2.24) is 5.06 Å². The fraction of sp³-hybridized carbons (Fsp3) is 0.760. The van der Waals surface area contributed by atoms with E-state index in [4.69, 9.17) is 17.9 Å². The molecule has 0 N–H and O–H groups in total. The highest BCUT2D eigenvalue weighted by atomic mass is 32.2. The minimum Gasteiger partial charge on any atom is -0.415 e. The van der Waals surface area contributed by atoms with Crippen molar-refractivity contribution in [3.63, 3.8) is 0 Å². The SMILES string of the molecule is CC(C)(C)[Si](C)(C)OC[C@@H]1[C@@H](O[Si](C)(C)C(C)(C)C)[C@@H](COS(C)(=O)=O)ON1Cc1ccccc1. The van der Waals surface area contributed by atoms with Crippen LogP contribution >= 0.6 is 0 Å². The van der Waals surface area contributed by atoms with Crippen molar-refractivity contribution in [2.75, 3.05) is 19.5 Å². The lowest BCUT2D eigenvalue weighted by molar-refractivity contribution is -0.179. The smallest absolute Gasteiger partial charge is 0.264 e. The van der Waals surface area contributed by atoms with Crippen molar-refractivity contribution >= 4 is 26.8 Å². The van der Waals surface area contributed by atoms with E-state index in [1.54, 1.807) is 0 Å². The summed E-state index contributed by atoms with van der Waals surface area (Å²) in [5.41, 5.74) is 1.10. The van der Waals surface area contributed by atoms with Crippen molar-refractivity contribution in [3.8, 4) is 0 Å². The molecular weight excluding hydrogens is 499 g/mol. The predicted molar refractivity (Wildman–Crippen MR) is 147 cm³/mol. The maximum atomic E-state index is 11.8. The van der Waals surface area contributed by atoms with Crippen LogP contribution in [-0.4, -0.2) is 67.8 Å². The molecule has 202 valence electrons. The van der Waals surface area contributed by atoms with Crippen LogP contribution < -0.4 is 0 Å². The van der Waals surface area contributed by atoms with E-state index in [9.17, 15) is 8.42 Å². The lowest BCUT2D eigenvalue weighted by Crippen LogP contribution is -2.53. The zero-order valence-electron chi connectivity index (χ0n) is 23.5. The van der Waals surface area contributed by atoms with Gasteiger partial charge in [-0.15, -0.1) is 0 Å². The van der Waals surface area contributed by atoms with Crippen molar-refractivity contribution in [3.05, 3.63) is 35.9 Å². The Labute approximate surface area is 215 Å². The fourth-order valence-corrected chi connectivity index (χ4v) is 6.06. The van der Waals surface area contributed by atoms with E-state index in [1.165, 1.54) is 0 Å². The molecule has 1 heterocycles. The van der Waals surface area contributed by atoms with Gasteiger partial charge in [-0.3, -0.25) is 9.02 Å². The fourth-order valence-electron chi connectivity index (χ4n) is 3.32. The van der Waals surface area contributed by atoms with Crippen LogP contribution in [-0.2, 0) is 34.5 Å². The van der Waals surface area contributed by atoms with Crippen molar-refractivity contribution in [1.29, 1.82) is 0 Å². The number of rotatable bonds is 10. The van der Waals surface area contributed by atoms with Gasteiger partial charge in [0.05, 0.1) is 31.6 Å². The molecule has 0 aromatic heterocycles. The highest BCUT2D eigenvalue weighted by Gasteiger charge is 2.51. The van der Waals surface area contributed by atoms with Gasteiger partial charge in [0.15, 0.2) is 16.6 Å². The largest absolute Gasteiger partial charge is 0.415 e. The van der Waals surface area contributed by atoms with E-state index in [1.807, 2.05) is 23.3 Å². The topological polar surface area (TPSA) is 74.3 Å². The second kappa shape index (κ2) is 11.0. The Bertz CT molecular complexity index is 926. The molecule has 35 heavy (non-hydrogen) atoms. The van der Waals surface area contributed by atoms with E-state index in [-0.39, 0.29) is 28.8 Å². The highest BCUT2D eigenvalue weighted by Crippen LogP contribution is 2.41. The van der Waals surface area contributed by atoms with E-state index in [0.29, 0.717) is 13.2 Å². The Morgan fingerprint density at radius 2 is 1.46 bits per heavy atom. The lowest BCUT2D eigenvalue weighted by atomic mass is 10.1. The molecule has 0 bridgehead atoms. The summed E-state index contributed by atoms with van der Waals surface area (Å²) in [5.74, 6) is 0. The highest BCUT2D eigenvalue weighted by molar-refractivity contribution is 7.85. The quantitative estimate of drug-likeness (QED) is 0.281. The van der Waals surface area contributed by atoms with Crippen molar-refractivity contribution in [2.24, 2.45) is 0 Å². The lowest BCUT2D eigenvalue weighted by Gasteiger charge is -2.42. The monoisotopic (exact) mass is 545 g/mol. The molecule has 1 saturated heterocycles. The van der Waals surface area contributed by atoms with Crippen molar-refractivity contribution < 1.29 is 26.3 Å². The maximum absolute atomic E-state index is 11.8. The molecule has 10 heteroatoms. The van der Waals surface area contributed by atoms with E-state index < -0.39 is 32.9 Å². The van der Waals surface area contributed by atoms with Crippen LogP contribution in [0.1, 0.15) is 47.1 Å². The summed E-state index contributed by atoms with van der Waals surface area (Å²) in [7, 11) is -7.88. The third kappa shape index (κ3) is 8.46. The van der Waals surface area contributed by atoms with Crippen LogP contribution in [0.5, 0.6) is 0 Å².